The third kappa shape index (κ3) is 3.93. The summed E-state index contributed by atoms with van der Waals surface area (Å²) in [6, 6.07) is 17.2. The Labute approximate surface area is 175 Å². The van der Waals surface area contributed by atoms with Crippen molar-refractivity contribution in [2.24, 2.45) is 0 Å². The van der Waals surface area contributed by atoms with E-state index in [-0.39, 0.29) is 16.7 Å². The highest BCUT2D eigenvalue weighted by molar-refractivity contribution is 6.31. The molecule has 6 heteroatoms. The molecule has 150 valence electrons. The minimum atomic E-state index is -0.355. The predicted octanol–water partition coefficient (Wildman–Crippen LogP) is 5.61. The van der Waals surface area contributed by atoms with Crippen LogP contribution in [0.5, 0.6) is 0 Å². The molecule has 2 aromatic carbocycles. The van der Waals surface area contributed by atoms with Crippen molar-refractivity contribution >= 4 is 17.3 Å². The summed E-state index contributed by atoms with van der Waals surface area (Å²) in [4.78, 5) is 13.5. The van der Waals surface area contributed by atoms with Crippen LogP contribution in [0, 0.1) is 10.1 Å². The van der Waals surface area contributed by atoms with Gasteiger partial charge >= 0.3 is 0 Å². The summed E-state index contributed by atoms with van der Waals surface area (Å²) < 4.78 is 2.24. The highest BCUT2D eigenvalue weighted by Crippen LogP contribution is 2.38. The first-order valence-corrected chi connectivity index (χ1v) is 10.4. The minimum absolute atomic E-state index is 0.0701. The fourth-order valence-corrected chi connectivity index (χ4v) is 4.52. The van der Waals surface area contributed by atoms with Gasteiger partial charge in [-0.05, 0) is 42.2 Å². The zero-order valence-corrected chi connectivity index (χ0v) is 17.2. The molecule has 0 saturated carbocycles. The van der Waals surface area contributed by atoms with E-state index in [2.05, 4.69) is 52.9 Å². The van der Waals surface area contributed by atoms with Crippen molar-refractivity contribution in [3.05, 3.63) is 98.3 Å². The van der Waals surface area contributed by atoms with Crippen LogP contribution < -0.4 is 0 Å². The summed E-state index contributed by atoms with van der Waals surface area (Å²) >= 11 is 6.59. The molecule has 0 radical (unpaired) electrons. The van der Waals surface area contributed by atoms with E-state index in [1.165, 1.54) is 17.2 Å². The molecule has 0 aliphatic carbocycles. The van der Waals surface area contributed by atoms with E-state index in [0.717, 1.165) is 43.7 Å². The van der Waals surface area contributed by atoms with E-state index in [1.807, 2.05) is 6.07 Å². The molecule has 1 aliphatic heterocycles. The van der Waals surface area contributed by atoms with E-state index in [0.29, 0.717) is 5.02 Å². The molecule has 4 rings (SSSR count). The van der Waals surface area contributed by atoms with Crippen LogP contribution >= 0.6 is 11.6 Å². The van der Waals surface area contributed by atoms with Crippen LogP contribution in [0.15, 0.2) is 60.8 Å². The van der Waals surface area contributed by atoms with Gasteiger partial charge < -0.3 is 4.57 Å². The first-order valence-electron chi connectivity index (χ1n) is 9.98. The minimum Gasteiger partial charge on any atom is -0.350 e. The Morgan fingerprint density at radius 1 is 1.10 bits per heavy atom. The molecule has 2 heterocycles. The van der Waals surface area contributed by atoms with Crippen LogP contribution in [0.4, 0.5) is 5.69 Å². The largest absolute Gasteiger partial charge is 0.350 e. The molecular weight excluding hydrogens is 386 g/mol. The molecule has 5 nitrogen and oxygen atoms in total. The van der Waals surface area contributed by atoms with Crippen LogP contribution in [-0.2, 0) is 19.5 Å². The number of aromatic nitrogens is 1. The van der Waals surface area contributed by atoms with Gasteiger partial charge in [-0.3, -0.25) is 15.0 Å². The van der Waals surface area contributed by atoms with Crippen molar-refractivity contribution in [3.63, 3.8) is 0 Å². The zero-order chi connectivity index (χ0) is 20.4. The first kappa shape index (κ1) is 19.7. The number of nitro groups is 1. The molecular formula is C23H24ClN3O2. The monoisotopic (exact) mass is 409 g/mol. The molecule has 1 unspecified atom stereocenters. The van der Waals surface area contributed by atoms with Crippen LogP contribution in [0.3, 0.4) is 0 Å². The molecule has 0 saturated heterocycles. The third-order valence-electron chi connectivity index (χ3n) is 5.71. The highest BCUT2D eigenvalue weighted by Gasteiger charge is 2.30. The van der Waals surface area contributed by atoms with E-state index < -0.39 is 0 Å². The summed E-state index contributed by atoms with van der Waals surface area (Å²) in [5.41, 5.74) is 4.61. The number of hydrogen-bond donors (Lipinski definition) is 0. The summed E-state index contributed by atoms with van der Waals surface area (Å²) in [5, 5.41) is 12.0. The van der Waals surface area contributed by atoms with Crippen LogP contribution in [-0.4, -0.2) is 20.9 Å². The van der Waals surface area contributed by atoms with Crippen LogP contribution in [0.25, 0.3) is 0 Å². The molecule has 0 N–H and O–H groups in total. The number of nitrogens with zero attached hydrogens (tertiary/aromatic N) is 3. The number of non-ortho nitro benzene ring substituents is 1. The Morgan fingerprint density at radius 2 is 1.90 bits per heavy atom. The number of fused-ring (bicyclic) bond motifs is 1. The number of benzene rings is 2. The average Bonchev–Trinajstić information content (AvgIpc) is 3.11. The number of halogens is 1. The molecule has 0 bridgehead atoms. The smallest absolute Gasteiger partial charge is 0.269 e. The lowest BCUT2D eigenvalue weighted by Crippen LogP contribution is -2.30. The van der Waals surface area contributed by atoms with Gasteiger partial charge in [0.1, 0.15) is 0 Å². The lowest BCUT2D eigenvalue weighted by atomic mass is 9.98. The molecule has 3 aromatic rings. The molecule has 29 heavy (non-hydrogen) atoms. The normalized spacial score (nSPS) is 17.0. The topological polar surface area (TPSA) is 51.3 Å². The fraction of sp³-hybridized carbons (Fsp3) is 0.304. The van der Waals surface area contributed by atoms with Gasteiger partial charge in [0.05, 0.1) is 11.0 Å². The van der Waals surface area contributed by atoms with Gasteiger partial charge in [0, 0.05) is 54.2 Å². The van der Waals surface area contributed by atoms with E-state index in [9.17, 15) is 10.1 Å². The van der Waals surface area contributed by atoms with Crippen LogP contribution in [0.2, 0.25) is 5.02 Å². The second-order valence-electron chi connectivity index (χ2n) is 7.44. The Balaban J connectivity index is 1.82. The highest BCUT2D eigenvalue weighted by atomic mass is 35.5. The fourth-order valence-electron chi connectivity index (χ4n) is 4.30. The van der Waals surface area contributed by atoms with Crippen molar-refractivity contribution in [1.29, 1.82) is 0 Å². The van der Waals surface area contributed by atoms with Gasteiger partial charge in [-0.1, -0.05) is 42.8 Å². The van der Waals surface area contributed by atoms with Gasteiger partial charge in [-0.25, -0.2) is 0 Å². The Hall–Kier alpha value is -2.63. The first-order chi connectivity index (χ1) is 14.1. The Morgan fingerprint density at radius 3 is 2.66 bits per heavy atom. The third-order valence-corrected chi connectivity index (χ3v) is 6.06. The predicted molar refractivity (Wildman–Crippen MR) is 115 cm³/mol. The van der Waals surface area contributed by atoms with E-state index >= 15 is 0 Å². The van der Waals surface area contributed by atoms with E-state index in [1.54, 1.807) is 12.1 Å². The zero-order valence-electron chi connectivity index (χ0n) is 16.4. The summed E-state index contributed by atoms with van der Waals surface area (Å²) in [7, 11) is 0. The number of rotatable bonds is 5. The van der Waals surface area contributed by atoms with Gasteiger partial charge in [0.2, 0.25) is 0 Å². The Kier molecular flexibility index (Phi) is 5.69. The van der Waals surface area contributed by atoms with Crippen molar-refractivity contribution in [2.75, 3.05) is 6.54 Å². The SMILES string of the molecule is CCc1ccccc1CN1CCCn2cccc2C1c1cc([N+](=O)[O-])ccc1Cl. The maximum Gasteiger partial charge on any atom is 0.269 e. The maximum atomic E-state index is 11.4. The van der Waals surface area contributed by atoms with Crippen molar-refractivity contribution < 1.29 is 4.92 Å². The molecule has 0 fully saturated rings. The lowest BCUT2D eigenvalue weighted by Gasteiger charge is -2.31. The number of aryl methyl sites for hydroxylation is 2. The van der Waals surface area contributed by atoms with Gasteiger partial charge in [-0.2, -0.15) is 0 Å². The van der Waals surface area contributed by atoms with Crippen LogP contribution in [0.1, 0.15) is 41.8 Å². The second kappa shape index (κ2) is 8.39. The molecule has 1 atom stereocenters. The maximum absolute atomic E-state index is 11.4. The molecule has 0 spiro atoms. The summed E-state index contributed by atoms with van der Waals surface area (Å²) in [6.45, 7) is 4.76. The average molecular weight is 410 g/mol. The number of hydrogen-bond acceptors (Lipinski definition) is 3. The van der Waals surface area contributed by atoms with Gasteiger partial charge in [-0.15, -0.1) is 0 Å². The quantitative estimate of drug-likeness (QED) is 0.406. The molecule has 1 aromatic heterocycles. The summed E-state index contributed by atoms with van der Waals surface area (Å²) in [5.74, 6) is 0. The van der Waals surface area contributed by atoms with Gasteiger partial charge in [0.25, 0.3) is 5.69 Å². The Bertz CT molecular complexity index is 1030. The second-order valence-corrected chi connectivity index (χ2v) is 7.85. The summed E-state index contributed by atoms with van der Waals surface area (Å²) in [6.07, 6.45) is 4.07. The van der Waals surface area contributed by atoms with Gasteiger partial charge in [0.15, 0.2) is 0 Å². The van der Waals surface area contributed by atoms with Crippen molar-refractivity contribution in [1.82, 2.24) is 9.47 Å². The van der Waals surface area contributed by atoms with Crippen molar-refractivity contribution in [3.8, 4) is 0 Å². The molecule has 0 amide bonds. The lowest BCUT2D eigenvalue weighted by molar-refractivity contribution is -0.384. The molecule has 1 aliphatic rings. The van der Waals surface area contributed by atoms with Crippen molar-refractivity contribution in [2.45, 2.75) is 38.9 Å². The van der Waals surface area contributed by atoms with E-state index in [4.69, 9.17) is 11.6 Å². The number of nitro benzene ring substituents is 1. The standard InChI is InChI=1S/C23H24ClN3O2/c1-2-17-7-3-4-8-18(17)16-26-14-6-13-25-12-5-9-22(25)23(26)20-15-19(27(28)29)10-11-21(20)24/h3-5,7-12,15,23H,2,6,13-14,16H2,1H3.